The molecule has 83 heavy (non-hydrogen) atoms. The lowest BCUT2D eigenvalue weighted by Gasteiger charge is -2.24. The molecule has 8 heterocycles. The van der Waals surface area contributed by atoms with Gasteiger partial charge in [0.25, 0.3) is 11.8 Å². The van der Waals surface area contributed by atoms with Gasteiger partial charge in [0.05, 0.1) is 24.0 Å². The largest absolute Gasteiger partial charge is 0.418 e. The number of hydrogen-bond acceptors (Lipinski definition) is 22. The third kappa shape index (κ3) is 13.1. The van der Waals surface area contributed by atoms with Crippen LogP contribution in [0.3, 0.4) is 0 Å². The average Bonchev–Trinajstić information content (AvgIpc) is 2.88. The fourth-order valence-corrected chi connectivity index (χ4v) is 10.7. The summed E-state index contributed by atoms with van der Waals surface area (Å²) in [6.07, 6.45) is -1.08. The van der Waals surface area contributed by atoms with Crippen molar-refractivity contribution in [2.75, 3.05) is 34.8 Å². The van der Waals surface area contributed by atoms with Crippen LogP contribution in [0.25, 0.3) is 22.3 Å². The molecule has 8 atom stereocenters. The van der Waals surface area contributed by atoms with Crippen LogP contribution in [0.15, 0.2) is 114 Å². The minimum absolute atomic E-state index is 0.00822. The number of carbonyl (C=O) groups is 4. The molecule has 0 saturated carbocycles. The normalized spacial score (nSPS) is 22.9. The van der Waals surface area contributed by atoms with Gasteiger partial charge < -0.3 is 54.8 Å². The molecule has 3 aromatic carbocycles. The molecule has 4 aliphatic rings. The number of primary sulfonamides is 2. The molecular weight excluding hydrogens is 1130 g/mol. The number of benzene rings is 3. The molecule has 5 amide bonds. The molecule has 4 saturated heterocycles. The van der Waals surface area contributed by atoms with Crippen molar-refractivity contribution in [2.24, 2.45) is 10.3 Å². The van der Waals surface area contributed by atoms with Gasteiger partial charge in [-0.25, -0.2) is 66.6 Å². The number of nitrogens with two attached hydrogens (primary N) is 3. The maximum Gasteiger partial charge on any atom is 0.418 e. The van der Waals surface area contributed by atoms with E-state index < -0.39 is 92.8 Å². The Morgan fingerprint density at radius 2 is 1.02 bits per heavy atom. The lowest BCUT2D eigenvalue weighted by molar-refractivity contribution is -0.198. The van der Waals surface area contributed by atoms with Gasteiger partial charge in [-0.05, 0) is 77.9 Å². The number of likely N-dealkylation sites (N-methyl/N-ethyl adjacent to an activating group) is 2. The highest BCUT2D eigenvalue weighted by atomic mass is 32.2. The summed E-state index contributed by atoms with van der Waals surface area (Å²) in [7, 11) is -7.73. The number of carbonyl (C=O) groups excluding carboxylic acids is 4. The van der Waals surface area contributed by atoms with E-state index in [1.165, 1.54) is 55.6 Å². The number of anilines is 4. The molecule has 4 aliphatic heterocycles. The minimum atomic E-state index is -4.07. The van der Waals surface area contributed by atoms with Gasteiger partial charge in [0.1, 0.15) is 52.6 Å². The van der Waals surface area contributed by atoms with E-state index in [1.807, 2.05) is 13.0 Å². The molecule has 33 heteroatoms. The van der Waals surface area contributed by atoms with Crippen LogP contribution in [-0.2, 0) is 58.1 Å². The predicted octanol–water partition coefficient (Wildman–Crippen LogP) is 2.58. The standard InChI is InChI=1S/C22H26N8O7S.C22H24N6O6.C6H8N2O2S/c1-4-24-19(31)15-14-16(37-22(2,3)36-14)20(35-15)30-10-27-13-17(25-9-26-18(13)30)29-21(32)28-11-7-5-6-8-12(11)38(23,33)34;1-4-23-19(29)15-14-16(34-22(2,3)33-14)20(32-15)28-11-26-13-17(24-10-25-18(13)28)27-21(30)31-12-8-6-5-7-9-12;7-5-3-1-2-4-6(5)11(8,9)10/h5-10,14-16,20H,4H2,1-3H3,(H,24,31)(H2,23,33,34)(H2,25,26,28,29,32);5-11,14-16,20H,4H2,1-3H3,(H,23,29)(H,24,25,27,30);1-4H,7H2,(H2,8,9,10)/t2*14-,15+,16-,20-;/m11./s1. The quantitative estimate of drug-likeness (QED) is 0.0815. The van der Waals surface area contributed by atoms with Crippen molar-refractivity contribution < 1.29 is 69.2 Å². The van der Waals surface area contributed by atoms with E-state index in [2.05, 4.69) is 56.5 Å². The second-order valence-corrected chi connectivity index (χ2v) is 22.5. The molecule has 4 aromatic heterocycles. The molecule has 4 fully saturated rings. The van der Waals surface area contributed by atoms with Gasteiger partial charge >= 0.3 is 12.1 Å². The van der Waals surface area contributed by atoms with Crippen LogP contribution in [0.1, 0.15) is 54.0 Å². The highest BCUT2D eigenvalue weighted by Crippen LogP contribution is 2.45. The zero-order valence-corrected chi connectivity index (χ0v) is 46.7. The number of amides is 5. The first-order valence-corrected chi connectivity index (χ1v) is 28.5. The molecule has 7 aromatic rings. The first-order valence-electron chi connectivity index (χ1n) is 25.4. The number of nitrogens with zero attached hydrogens (tertiary/aromatic N) is 8. The Morgan fingerprint density at radius 1 is 0.578 bits per heavy atom. The van der Waals surface area contributed by atoms with E-state index in [0.29, 0.717) is 35.7 Å². The lowest BCUT2D eigenvalue weighted by atomic mass is 10.1. The first-order chi connectivity index (χ1) is 39.4. The predicted molar refractivity (Wildman–Crippen MR) is 292 cm³/mol. The first kappa shape index (κ1) is 59.2. The van der Waals surface area contributed by atoms with Crippen molar-refractivity contribution in [3.8, 4) is 5.75 Å². The number of fused-ring (bicyclic) bond motifs is 4. The van der Waals surface area contributed by atoms with Gasteiger partial charge in [0, 0.05) is 13.1 Å². The Morgan fingerprint density at radius 3 is 1.49 bits per heavy atom. The summed E-state index contributed by atoms with van der Waals surface area (Å²) in [4.78, 5) is 75.6. The van der Waals surface area contributed by atoms with Gasteiger partial charge in [-0.2, -0.15) is 0 Å². The van der Waals surface area contributed by atoms with Crippen molar-refractivity contribution in [1.82, 2.24) is 49.7 Å². The fourth-order valence-electron chi connectivity index (χ4n) is 9.37. The topological polar surface area (TPSA) is 427 Å². The molecule has 0 bridgehead atoms. The van der Waals surface area contributed by atoms with Crippen molar-refractivity contribution in [2.45, 2.75) is 112 Å². The second kappa shape index (κ2) is 23.8. The summed E-state index contributed by atoms with van der Waals surface area (Å²) < 4.78 is 89.9. The van der Waals surface area contributed by atoms with E-state index >= 15 is 0 Å². The van der Waals surface area contributed by atoms with Crippen molar-refractivity contribution in [3.05, 3.63) is 104 Å². The molecule has 440 valence electrons. The summed E-state index contributed by atoms with van der Waals surface area (Å²) in [5.74, 6) is -1.83. The van der Waals surface area contributed by atoms with Gasteiger partial charge in [0.2, 0.25) is 20.0 Å². The maximum absolute atomic E-state index is 12.7. The highest BCUT2D eigenvalue weighted by Gasteiger charge is 2.59. The van der Waals surface area contributed by atoms with Gasteiger partial charge in [-0.3, -0.25) is 29.4 Å². The molecule has 0 spiro atoms. The Hall–Kier alpha value is -8.38. The molecule has 11 rings (SSSR count). The summed E-state index contributed by atoms with van der Waals surface area (Å²) in [6.45, 7) is 11.6. The number of para-hydroxylation sites is 3. The number of nitrogens with one attached hydrogen (secondary N) is 5. The van der Waals surface area contributed by atoms with Crippen LogP contribution in [0.2, 0.25) is 0 Å². The number of rotatable bonds is 12. The summed E-state index contributed by atoms with van der Waals surface area (Å²) in [5, 5.41) is 23.2. The van der Waals surface area contributed by atoms with Gasteiger partial charge in [-0.15, -0.1) is 0 Å². The van der Waals surface area contributed by atoms with Crippen LogP contribution in [0.4, 0.5) is 32.6 Å². The molecular formula is C50H58N16O15S2. The number of imidazole rings is 2. The van der Waals surface area contributed by atoms with E-state index in [1.54, 1.807) is 86.2 Å². The summed E-state index contributed by atoms with van der Waals surface area (Å²) in [5.41, 5.74) is 6.75. The van der Waals surface area contributed by atoms with Crippen LogP contribution in [0, 0.1) is 0 Å². The van der Waals surface area contributed by atoms with E-state index in [0.717, 1.165) is 0 Å². The second-order valence-electron chi connectivity index (χ2n) is 19.4. The fraction of sp³-hybridized carbons (Fsp3) is 0.360. The van der Waals surface area contributed by atoms with E-state index in [-0.39, 0.29) is 50.1 Å². The van der Waals surface area contributed by atoms with E-state index in [4.69, 9.17) is 49.2 Å². The molecule has 11 N–H and O–H groups in total. The molecule has 0 radical (unpaired) electrons. The molecule has 31 nitrogen and oxygen atoms in total. The van der Waals surface area contributed by atoms with Crippen LogP contribution in [0.5, 0.6) is 5.75 Å². The number of sulfonamides is 2. The third-order valence-electron chi connectivity index (χ3n) is 12.6. The highest BCUT2D eigenvalue weighted by molar-refractivity contribution is 7.89. The van der Waals surface area contributed by atoms with Crippen molar-refractivity contribution in [3.63, 3.8) is 0 Å². The van der Waals surface area contributed by atoms with Gasteiger partial charge in [-0.1, -0.05) is 42.5 Å². The zero-order valence-electron chi connectivity index (χ0n) is 45.1. The number of nitrogen functional groups attached to an aromatic ring is 1. The zero-order chi connectivity index (χ0) is 59.6. The van der Waals surface area contributed by atoms with Crippen LogP contribution < -0.4 is 47.3 Å². The van der Waals surface area contributed by atoms with Crippen LogP contribution in [-0.4, -0.2) is 141 Å². The van der Waals surface area contributed by atoms with Crippen LogP contribution >= 0.6 is 0 Å². The number of urea groups is 1. The SMILES string of the molecule is CCNC(=O)[C@H]1O[C@@H](n2cnc3c(NC(=O)Nc4ccccc4S(N)(=O)=O)ncnc32)[C@@H]2OC(C)(C)O[C@@H]21.CCNC(=O)[C@H]1O[C@@H](n2cnc3c(NC(=O)Oc4ccccc4)ncnc32)[C@@H]2OC(C)(C)O[C@@H]21.Nc1ccccc1S(N)(=O)=O. The molecule has 0 aliphatic carbocycles. The smallest absolute Gasteiger partial charge is 0.410 e. The minimum Gasteiger partial charge on any atom is -0.410 e. The summed E-state index contributed by atoms with van der Waals surface area (Å²) >= 11 is 0. The lowest BCUT2D eigenvalue weighted by Crippen LogP contribution is -2.42. The number of ether oxygens (including phenoxy) is 7. The summed E-state index contributed by atoms with van der Waals surface area (Å²) in [6, 6.07) is 19.6. The Balaban J connectivity index is 0.000000169. The van der Waals surface area contributed by atoms with Crippen molar-refractivity contribution >= 4 is 89.3 Å². The average molecular weight is 1190 g/mol. The molecule has 0 unspecified atom stereocenters. The Labute approximate surface area is 473 Å². The number of hydrogen-bond donors (Lipinski definition) is 8. The Bertz CT molecular complexity index is 3800. The Kier molecular flexibility index (Phi) is 17.0. The monoisotopic (exact) mass is 1190 g/mol. The third-order valence-corrected chi connectivity index (χ3v) is 14.6. The van der Waals surface area contributed by atoms with Crippen molar-refractivity contribution in [1.29, 1.82) is 0 Å². The maximum atomic E-state index is 12.7. The van der Waals surface area contributed by atoms with Gasteiger partial charge in [0.15, 0.2) is 70.2 Å². The van der Waals surface area contributed by atoms with E-state index in [9.17, 15) is 36.0 Å². The number of aromatic nitrogens is 8.